The Labute approximate surface area is 96.8 Å². The maximum absolute atomic E-state index is 11.8. The summed E-state index contributed by atoms with van der Waals surface area (Å²) in [6.45, 7) is 0.808. The predicted molar refractivity (Wildman–Crippen MR) is 64.7 cm³/mol. The van der Waals surface area contributed by atoms with Gasteiger partial charge in [0.1, 0.15) is 0 Å². The Bertz CT molecular complexity index is 309. The molecule has 0 radical (unpaired) electrons. The van der Waals surface area contributed by atoms with E-state index in [0.29, 0.717) is 5.92 Å². The molecule has 2 aliphatic carbocycles. The number of amides is 1. The molecule has 1 amide bonds. The summed E-state index contributed by atoms with van der Waals surface area (Å²) in [7, 11) is 0. The highest BCUT2D eigenvalue weighted by Gasteiger charge is 2.23. The Kier molecular flexibility index (Phi) is 3.78. The SMILES string of the molecule is NC1C=CC(C(=O)NCC2CC=CCC2)C1. The third-order valence-corrected chi connectivity index (χ3v) is 3.40. The molecule has 3 N–H and O–H groups in total. The number of hydrogen-bond donors (Lipinski definition) is 2. The summed E-state index contributed by atoms with van der Waals surface area (Å²) in [5, 5.41) is 3.04. The smallest absolute Gasteiger partial charge is 0.227 e. The Morgan fingerprint density at radius 1 is 1.38 bits per heavy atom. The highest BCUT2D eigenvalue weighted by atomic mass is 16.1. The fraction of sp³-hybridized carbons (Fsp3) is 0.615. The lowest BCUT2D eigenvalue weighted by atomic mass is 9.94. The van der Waals surface area contributed by atoms with Crippen LogP contribution in [0.4, 0.5) is 0 Å². The van der Waals surface area contributed by atoms with Crippen LogP contribution in [0.3, 0.4) is 0 Å². The van der Waals surface area contributed by atoms with Crippen molar-refractivity contribution < 1.29 is 4.79 Å². The van der Waals surface area contributed by atoms with Gasteiger partial charge < -0.3 is 11.1 Å². The first-order valence-corrected chi connectivity index (χ1v) is 6.12. The minimum Gasteiger partial charge on any atom is -0.355 e. The van der Waals surface area contributed by atoms with E-state index in [1.165, 1.54) is 6.42 Å². The van der Waals surface area contributed by atoms with Crippen molar-refractivity contribution in [2.75, 3.05) is 6.54 Å². The molecule has 0 fully saturated rings. The third kappa shape index (κ3) is 2.95. The maximum atomic E-state index is 11.8. The Morgan fingerprint density at radius 3 is 2.88 bits per heavy atom. The molecule has 88 valence electrons. The molecule has 0 bridgehead atoms. The molecule has 0 saturated carbocycles. The summed E-state index contributed by atoms with van der Waals surface area (Å²) >= 11 is 0. The first-order chi connectivity index (χ1) is 7.75. The van der Waals surface area contributed by atoms with Gasteiger partial charge in [-0.05, 0) is 31.6 Å². The van der Waals surface area contributed by atoms with E-state index in [0.717, 1.165) is 25.8 Å². The molecule has 16 heavy (non-hydrogen) atoms. The fourth-order valence-electron chi connectivity index (χ4n) is 2.34. The highest BCUT2D eigenvalue weighted by Crippen LogP contribution is 2.19. The van der Waals surface area contributed by atoms with E-state index in [1.807, 2.05) is 12.2 Å². The molecule has 0 aliphatic heterocycles. The first kappa shape index (κ1) is 11.4. The van der Waals surface area contributed by atoms with Gasteiger partial charge in [-0.1, -0.05) is 24.3 Å². The molecule has 3 heteroatoms. The molecule has 2 rings (SSSR count). The van der Waals surface area contributed by atoms with Crippen molar-refractivity contribution in [1.29, 1.82) is 0 Å². The lowest BCUT2D eigenvalue weighted by molar-refractivity contribution is -0.123. The van der Waals surface area contributed by atoms with Crippen LogP contribution in [0.1, 0.15) is 25.7 Å². The molecule has 0 heterocycles. The maximum Gasteiger partial charge on any atom is 0.227 e. The molecular formula is C13H20N2O. The van der Waals surface area contributed by atoms with Crippen LogP contribution in [-0.4, -0.2) is 18.5 Å². The number of nitrogens with two attached hydrogens (primary N) is 1. The fourth-order valence-corrected chi connectivity index (χ4v) is 2.34. The molecule has 3 atom stereocenters. The van der Waals surface area contributed by atoms with E-state index >= 15 is 0 Å². The molecule has 0 saturated heterocycles. The number of rotatable bonds is 3. The largest absolute Gasteiger partial charge is 0.355 e. The molecular weight excluding hydrogens is 200 g/mol. The number of carbonyl (C=O) groups is 1. The Balaban J connectivity index is 1.71. The second-order valence-electron chi connectivity index (χ2n) is 4.79. The van der Waals surface area contributed by atoms with Crippen LogP contribution in [0.15, 0.2) is 24.3 Å². The molecule has 0 aromatic rings. The summed E-state index contributed by atoms with van der Waals surface area (Å²) in [5.74, 6) is 0.751. The van der Waals surface area contributed by atoms with Gasteiger partial charge in [-0.15, -0.1) is 0 Å². The van der Waals surface area contributed by atoms with Crippen molar-refractivity contribution in [3.8, 4) is 0 Å². The van der Waals surface area contributed by atoms with Crippen LogP contribution >= 0.6 is 0 Å². The molecule has 0 aromatic heterocycles. The number of hydrogen-bond acceptors (Lipinski definition) is 2. The van der Waals surface area contributed by atoms with E-state index in [9.17, 15) is 4.79 Å². The van der Waals surface area contributed by atoms with Crippen molar-refractivity contribution in [2.24, 2.45) is 17.6 Å². The summed E-state index contributed by atoms with van der Waals surface area (Å²) in [5.41, 5.74) is 5.73. The van der Waals surface area contributed by atoms with E-state index in [-0.39, 0.29) is 17.9 Å². The van der Waals surface area contributed by atoms with Gasteiger partial charge in [-0.3, -0.25) is 4.79 Å². The average Bonchev–Trinajstić information content (AvgIpc) is 2.74. The Morgan fingerprint density at radius 2 is 2.25 bits per heavy atom. The van der Waals surface area contributed by atoms with Crippen molar-refractivity contribution in [2.45, 2.75) is 31.7 Å². The predicted octanol–water partition coefficient (Wildman–Crippen LogP) is 1.36. The summed E-state index contributed by atoms with van der Waals surface area (Å²) in [6, 6.07) is 0.0633. The van der Waals surface area contributed by atoms with Crippen LogP contribution in [-0.2, 0) is 4.79 Å². The monoisotopic (exact) mass is 220 g/mol. The third-order valence-electron chi connectivity index (χ3n) is 3.40. The van der Waals surface area contributed by atoms with Crippen LogP contribution < -0.4 is 11.1 Å². The summed E-state index contributed by atoms with van der Waals surface area (Å²) in [6.07, 6.45) is 12.5. The van der Waals surface area contributed by atoms with E-state index in [1.54, 1.807) is 0 Å². The van der Waals surface area contributed by atoms with E-state index in [2.05, 4.69) is 17.5 Å². The summed E-state index contributed by atoms with van der Waals surface area (Å²) in [4.78, 5) is 11.8. The van der Waals surface area contributed by atoms with E-state index in [4.69, 9.17) is 5.73 Å². The van der Waals surface area contributed by atoms with E-state index < -0.39 is 0 Å². The zero-order chi connectivity index (χ0) is 11.4. The van der Waals surface area contributed by atoms with Crippen molar-refractivity contribution >= 4 is 5.91 Å². The minimum absolute atomic E-state index is 0.00543. The Hall–Kier alpha value is -1.09. The highest BCUT2D eigenvalue weighted by molar-refractivity contribution is 5.81. The quantitative estimate of drug-likeness (QED) is 0.706. The van der Waals surface area contributed by atoms with Crippen molar-refractivity contribution in [3.05, 3.63) is 24.3 Å². The lowest BCUT2D eigenvalue weighted by Crippen LogP contribution is -2.34. The van der Waals surface area contributed by atoms with Gasteiger partial charge in [-0.2, -0.15) is 0 Å². The second kappa shape index (κ2) is 5.30. The number of allylic oxidation sites excluding steroid dienone is 2. The zero-order valence-corrected chi connectivity index (χ0v) is 9.56. The van der Waals surface area contributed by atoms with Crippen LogP contribution in [0.25, 0.3) is 0 Å². The molecule has 0 spiro atoms. The van der Waals surface area contributed by atoms with Crippen LogP contribution in [0, 0.1) is 11.8 Å². The van der Waals surface area contributed by atoms with Gasteiger partial charge in [0.15, 0.2) is 0 Å². The normalized spacial score (nSPS) is 32.9. The standard InChI is InChI=1S/C13H20N2O/c14-12-7-6-11(8-12)13(16)15-9-10-4-2-1-3-5-10/h1-2,6-7,10-12H,3-5,8-9,14H2,(H,15,16). The van der Waals surface area contributed by atoms with Gasteiger partial charge in [0.25, 0.3) is 0 Å². The van der Waals surface area contributed by atoms with Crippen LogP contribution in [0.2, 0.25) is 0 Å². The first-order valence-electron chi connectivity index (χ1n) is 6.12. The molecule has 3 nitrogen and oxygen atoms in total. The van der Waals surface area contributed by atoms with Gasteiger partial charge in [0.2, 0.25) is 5.91 Å². The average molecular weight is 220 g/mol. The molecule has 0 aromatic carbocycles. The zero-order valence-electron chi connectivity index (χ0n) is 9.56. The van der Waals surface area contributed by atoms with Crippen molar-refractivity contribution in [1.82, 2.24) is 5.32 Å². The molecule has 2 aliphatic rings. The topological polar surface area (TPSA) is 55.1 Å². The minimum atomic E-state index is -0.00543. The van der Waals surface area contributed by atoms with Crippen molar-refractivity contribution in [3.63, 3.8) is 0 Å². The molecule has 3 unspecified atom stereocenters. The summed E-state index contributed by atoms with van der Waals surface area (Å²) < 4.78 is 0. The van der Waals surface area contributed by atoms with Gasteiger partial charge in [0.05, 0.1) is 5.92 Å². The lowest BCUT2D eigenvalue weighted by Gasteiger charge is -2.19. The number of carbonyl (C=O) groups excluding carboxylic acids is 1. The number of nitrogens with one attached hydrogen (secondary N) is 1. The second-order valence-corrected chi connectivity index (χ2v) is 4.79. The van der Waals surface area contributed by atoms with Crippen LogP contribution in [0.5, 0.6) is 0 Å². The van der Waals surface area contributed by atoms with Gasteiger partial charge >= 0.3 is 0 Å². The van der Waals surface area contributed by atoms with Gasteiger partial charge in [-0.25, -0.2) is 0 Å². The van der Waals surface area contributed by atoms with Gasteiger partial charge in [0, 0.05) is 12.6 Å².